The van der Waals surface area contributed by atoms with Gasteiger partial charge in [-0.3, -0.25) is 0 Å². The number of anilines is 1. The van der Waals surface area contributed by atoms with Crippen molar-refractivity contribution < 1.29 is 0 Å². The maximum absolute atomic E-state index is 4.73. The highest BCUT2D eigenvalue weighted by atomic mass is 32.1. The Labute approximate surface area is 134 Å². The predicted molar refractivity (Wildman–Crippen MR) is 94.5 cm³/mol. The molecule has 0 amide bonds. The zero-order valence-electron chi connectivity index (χ0n) is 12.9. The summed E-state index contributed by atoms with van der Waals surface area (Å²) in [6.07, 6.45) is 1.08. The van der Waals surface area contributed by atoms with Gasteiger partial charge >= 0.3 is 0 Å². The van der Waals surface area contributed by atoms with E-state index in [1.165, 1.54) is 0 Å². The van der Waals surface area contributed by atoms with E-state index in [-0.39, 0.29) is 0 Å². The fraction of sp³-hybridized carbons (Fsp3) is 0.294. The van der Waals surface area contributed by atoms with Crippen molar-refractivity contribution in [2.45, 2.75) is 6.42 Å². The van der Waals surface area contributed by atoms with Crippen LogP contribution in [0, 0.1) is 0 Å². The number of aromatic nitrogens is 2. The van der Waals surface area contributed by atoms with Gasteiger partial charge in [-0.1, -0.05) is 12.1 Å². The highest BCUT2D eigenvalue weighted by Gasteiger charge is 2.09. The normalized spacial score (nSPS) is 11.2. The van der Waals surface area contributed by atoms with E-state index in [2.05, 4.69) is 52.2 Å². The molecular weight excluding hydrogens is 292 g/mol. The molecule has 0 radical (unpaired) electrons. The molecule has 1 N–H and O–H groups in total. The maximum Gasteiger partial charge on any atom is 0.162 e. The molecule has 114 valence electrons. The maximum atomic E-state index is 4.73. The van der Waals surface area contributed by atoms with Crippen molar-refractivity contribution >= 4 is 28.1 Å². The first-order chi connectivity index (χ1) is 10.7. The lowest BCUT2D eigenvalue weighted by molar-refractivity contribution is 0.405. The Morgan fingerprint density at radius 2 is 2.00 bits per heavy atom. The number of nitrogens with one attached hydrogen (secondary N) is 1. The van der Waals surface area contributed by atoms with Crippen LogP contribution in [-0.2, 0) is 0 Å². The quantitative estimate of drug-likeness (QED) is 0.704. The number of para-hydroxylation sites is 1. The minimum Gasteiger partial charge on any atom is -0.369 e. The molecule has 0 saturated carbocycles. The Morgan fingerprint density at radius 1 is 1.14 bits per heavy atom. The summed E-state index contributed by atoms with van der Waals surface area (Å²) in [5.41, 5.74) is 2.06. The summed E-state index contributed by atoms with van der Waals surface area (Å²) in [4.78, 5) is 11.6. The molecule has 1 aromatic carbocycles. The Bertz CT molecular complexity index is 738. The summed E-state index contributed by atoms with van der Waals surface area (Å²) < 4.78 is 0. The number of hydrogen-bond donors (Lipinski definition) is 1. The lowest BCUT2D eigenvalue weighted by Crippen LogP contribution is -2.16. The minimum absolute atomic E-state index is 0.787. The summed E-state index contributed by atoms with van der Waals surface area (Å²) in [7, 11) is 4.18. The summed E-state index contributed by atoms with van der Waals surface area (Å²) >= 11 is 1.66. The van der Waals surface area contributed by atoms with E-state index in [9.17, 15) is 0 Å². The largest absolute Gasteiger partial charge is 0.369 e. The van der Waals surface area contributed by atoms with Crippen LogP contribution in [0.5, 0.6) is 0 Å². The molecule has 2 heterocycles. The summed E-state index contributed by atoms with van der Waals surface area (Å²) in [5.74, 6) is 1.71. The molecule has 4 nitrogen and oxygen atoms in total. The molecule has 0 fully saturated rings. The monoisotopic (exact) mass is 312 g/mol. The van der Waals surface area contributed by atoms with E-state index < -0.39 is 0 Å². The molecule has 0 spiro atoms. The van der Waals surface area contributed by atoms with Crippen molar-refractivity contribution in [3.63, 3.8) is 0 Å². The molecule has 22 heavy (non-hydrogen) atoms. The number of rotatable bonds is 6. The predicted octanol–water partition coefficient (Wildman–Crippen LogP) is 3.72. The van der Waals surface area contributed by atoms with Crippen molar-refractivity contribution in [2.24, 2.45) is 0 Å². The number of thiophene rings is 1. The average molecular weight is 312 g/mol. The number of benzene rings is 1. The van der Waals surface area contributed by atoms with Crippen LogP contribution < -0.4 is 5.32 Å². The standard InChI is InChI=1S/C17H20N4S/c1-21(2)10-5-9-18-17-14-6-3-4-7-15(14)19-16(20-17)13-8-11-22-12-13/h3-4,6-8,11-12H,5,9-10H2,1-2H3,(H,18,19,20). The van der Waals surface area contributed by atoms with Crippen LogP contribution in [0.1, 0.15) is 6.42 Å². The molecule has 0 aliphatic heterocycles. The van der Waals surface area contributed by atoms with Gasteiger partial charge in [0.05, 0.1) is 5.52 Å². The first-order valence-electron chi connectivity index (χ1n) is 7.42. The van der Waals surface area contributed by atoms with E-state index in [0.29, 0.717) is 0 Å². The molecule has 2 aromatic heterocycles. The van der Waals surface area contributed by atoms with Crippen LogP contribution in [0.4, 0.5) is 5.82 Å². The second-order valence-electron chi connectivity index (χ2n) is 5.51. The lowest BCUT2D eigenvalue weighted by atomic mass is 10.2. The Hall–Kier alpha value is -1.98. The van der Waals surface area contributed by atoms with Gasteiger partial charge in [0.25, 0.3) is 0 Å². The summed E-state index contributed by atoms with van der Waals surface area (Å²) in [6.45, 7) is 1.97. The zero-order valence-corrected chi connectivity index (χ0v) is 13.7. The molecule has 0 saturated heterocycles. The first kappa shape index (κ1) is 14.9. The van der Waals surface area contributed by atoms with Gasteiger partial charge in [0.2, 0.25) is 0 Å². The first-order valence-corrected chi connectivity index (χ1v) is 8.36. The molecule has 0 aliphatic rings. The topological polar surface area (TPSA) is 41.0 Å². The highest BCUT2D eigenvalue weighted by Crippen LogP contribution is 2.25. The fourth-order valence-electron chi connectivity index (χ4n) is 2.33. The fourth-order valence-corrected chi connectivity index (χ4v) is 2.97. The molecular formula is C17H20N4S. The van der Waals surface area contributed by atoms with Crippen LogP contribution in [0.2, 0.25) is 0 Å². The molecule has 5 heteroatoms. The second-order valence-corrected chi connectivity index (χ2v) is 6.29. The SMILES string of the molecule is CN(C)CCCNc1nc(-c2ccsc2)nc2ccccc12. The van der Waals surface area contributed by atoms with Gasteiger partial charge in [0, 0.05) is 22.9 Å². The molecule has 3 rings (SSSR count). The van der Waals surface area contributed by atoms with Crippen LogP contribution >= 0.6 is 11.3 Å². The average Bonchev–Trinajstić information content (AvgIpc) is 3.05. The van der Waals surface area contributed by atoms with Gasteiger partial charge in [-0.15, -0.1) is 0 Å². The third-order valence-corrected chi connectivity index (χ3v) is 4.14. The van der Waals surface area contributed by atoms with Crippen LogP contribution in [0.3, 0.4) is 0 Å². The summed E-state index contributed by atoms with van der Waals surface area (Å²) in [5, 5.41) is 8.68. The minimum atomic E-state index is 0.787. The molecule has 0 bridgehead atoms. The van der Waals surface area contributed by atoms with Crippen molar-refractivity contribution in [2.75, 3.05) is 32.5 Å². The molecule has 3 aromatic rings. The highest BCUT2D eigenvalue weighted by molar-refractivity contribution is 7.08. The van der Waals surface area contributed by atoms with E-state index in [1.54, 1.807) is 11.3 Å². The smallest absolute Gasteiger partial charge is 0.162 e. The van der Waals surface area contributed by atoms with E-state index in [0.717, 1.165) is 47.6 Å². The van der Waals surface area contributed by atoms with Crippen LogP contribution in [0.15, 0.2) is 41.1 Å². The lowest BCUT2D eigenvalue weighted by Gasteiger charge is -2.12. The summed E-state index contributed by atoms with van der Waals surface area (Å²) in [6, 6.07) is 10.2. The number of fused-ring (bicyclic) bond motifs is 1. The van der Waals surface area contributed by atoms with Crippen LogP contribution in [0.25, 0.3) is 22.3 Å². The van der Waals surface area contributed by atoms with Crippen molar-refractivity contribution in [1.29, 1.82) is 0 Å². The van der Waals surface area contributed by atoms with Gasteiger partial charge in [-0.25, -0.2) is 9.97 Å². The second kappa shape index (κ2) is 6.85. The Morgan fingerprint density at radius 3 is 2.77 bits per heavy atom. The van der Waals surface area contributed by atoms with Gasteiger partial charge < -0.3 is 10.2 Å². The Kier molecular flexibility index (Phi) is 4.65. The van der Waals surface area contributed by atoms with Gasteiger partial charge in [-0.2, -0.15) is 11.3 Å². The third kappa shape index (κ3) is 3.43. The zero-order chi connectivity index (χ0) is 15.4. The van der Waals surface area contributed by atoms with Gasteiger partial charge in [0.15, 0.2) is 5.82 Å². The van der Waals surface area contributed by atoms with E-state index in [4.69, 9.17) is 4.98 Å². The van der Waals surface area contributed by atoms with Gasteiger partial charge in [-0.05, 0) is 50.6 Å². The molecule has 0 aliphatic carbocycles. The van der Waals surface area contributed by atoms with Crippen molar-refractivity contribution in [1.82, 2.24) is 14.9 Å². The number of hydrogen-bond acceptors (Lipinski definition) is 5. The Balaban J connectivity index is 1.89. The van der Waals surface area contributed by atoms with E-state index >= 15 is 0 Å². The third-order valence-electron chi connectivity index (χ3n) is 3.46. The van der Waals surface area contributed by atoms with Crippen molar-refractivity contribution in [3.8, 4) is 11.4 Å². The molecule has 0 unspecified atom stereocenters. The van der Waals surface area contributed by atoms with Gasteiger partial charge in [0.1, 0.15) is 5.82 Å². The number of nitrogens with zero attached hydrogens (tertiary/aromatic N) is 3. The molecule has 0 atom stereocenters. The van der Waals surface area contributed by atoms with E-state index in [1.807, 2.05) is 18.2 Å². The van der Waals surface area contributed by atoms with Crippen LogP contribution in [-0.4, -0.2) is 42.1 Å². The van der Waals surface area contributed by atoms with Crippen molar-refractivity contribution in [3.05, 3.63) is 41.1 Å².